The summed E-state index contributed by atoms with van der Waals surface area (Å²) in [7, 11) is 0. The van der Waals surface area contributed by atoms with Crippen LogP contribution in [-0.4, -0.2) is 29.4 Å². The molecule has 0 saturated carbocycles. The van der Waals surface area contributed by atoms with Gasteiger partial charge in [-0.25, -0.2) is 13.3 Å². The van der Waals surface area contributed by atoms with E-state index in [-0.39, 0.29) is 17.8 Å². The van der Waals surface area contributed by atoms with Crippen LogP contribution < -0.4 is 5.73 Å². The molecule has 0 amide bonds. The van der Waals surface area contributed by atoms with Gasteiger partial charge in [-0.2, -0.15) is 10.1 Å². The van der Waals surface area contributed by atoms with Crippen molar-refractivity contribution >= 4 is 11.6 Å². The first-order valence-corrected chi connectivity index (χ1v) is 9.56. The SMILES string of the molecule is CC(c1ccc(F)cc1)n1cc(-c2cc(-c3ccn4nc(N)nc4c3)c(F)cn2)cn1. The maximum atomic E-state index is 14.6. The fourth-order valence-electron chi connectivity index (χ4n) is 3.46. The number of anilines is 1. The summed E-state index contributed by atoms with van der Waals surface area (Å²) in [5.41, 5.74) is 9.41. The molecule has 9 heteroatoms. The predicted molar refractivity (Wildman–Crippen MR) is 112 cm³/mol. The summed E-state index contributed by atoms with van der Waals surface area (Å²) in [4.78, 5) is 8.35. The predicted octanol–water partition coefficient (Wildman–Crippen LogP) is 4.12. The Kier molecular flexibility index (Phi) is 4.43. The van der Waals surface area contributed by atoms with Crippen LogP contribution in [0.25, 0.3) is 28.0 Å². The van der Waals surface area contributed by atoms with E-state index in [4.69, 9.17) is 5.73 Å². The van der Waals surface area contributed by atoms with Gasteiger partial charge in [0.2, 0.25) is 5.95 Å². The van der Waals surface area contributed by atoms with Crippen LogP contribution in [0.1, 0.15) is 18.5 Å². The summed E-state index contributed by atoms with van der Waals surface area (Å²) in [6, 6.07) is 11.3. The van der Waals surface area contributed by atoms with Crippen LogP contribution in [0, 0.1) is 11.6 Å². The summed E-state index contributed by atoms with van der Waals surface area (Å²) in [6.07, 6.45) is 6.37. The zero-order valence-corrected chi connectivity index (χ0v) is 16.4. The van der Waals surface area contributed by atoms with Crippen molar-refractivity contribution in [3.05, 3.63) is 84.4 Å². The van der Waals surface area contributed by atoms with Gasteiger partial charge in [-0.1, -0.05) is 12.1 Å². The molecule has 0 fully saturated rings. The molecule has 5 aromatic rings. The largest absolute Gasteiger partial charge is 0.366 e. The van der Waals surface area contributed by atoms with E-state index >= 15 is 0 Å². The molecule has 0 aliphatic heterocycles. The Morgan fingerprint density at radius 3 is 2.61 bits per heavy atom. The zero-order chi connectivity index (χ0) is 21.5. The third kappa shape index (κ3) is 3.50. The lowest BCUT2D eigenvalue weighted by Crippen LogP contribution is -2.06. The normalized spacial score (nSPS) is 12.4. The van der Waals surface area contributed by atoms with Gasteiger partial charge in [0, 0.05) is 23.5 Å². The average Bonchev–Trinajstić information content (AvgIpc) is 3.40. The number of hydrogen-bond donors (Lipinski definition) is 1. The highest BCUT2D eigenvalue weighted by Gasteiger charge is 2.14. The molecule has 0 aliphatic carbocycles. The number of aromatic nitrogens is 6. The number of halogens is 2. The van der Waals surface area contributed by atoms with Crippen molar-refractivity contribution in [3.63, 3.8) is 0 Å². The van der Waals surface area contributed by atoms with E-state index in [0.717, 1.165) is 11.1 Å². The molecule has 1 aromatic carbocycles. The monoisotopic (exact) mass is 417 g/mol. The number of nitrogens with zero attached hydrogens (tertiary/aromatic N) is 6. The minimum atomic E-state index is -0.451. The summed E-state index contributed by atoms with van der Waals surface area (Å²) in [6.45, 7) is 1.97. The lowest BCUT2D eigenvalue weighted by atomic mass is 10.1. The van der Waals surface area contributed by atoms with Gasteiger partial charge in [-0.3, -0.25) is 9.67 Å². The minimum Gasteiger partial charge on any atom is -0.366 e. The van der Waals surface area contributed by atoms with Crippen molar-refractivity contribution in [3.8, 4) is 22.4 Å². The number of hydrogen-bond acceptors (Lipinski definition) is 5. The van der Waals surface area contributed by atoms with Gasteiger partial charge in [0.1, 0.15) is 11.6 Å². The van der Waals surface area contributed by atoms with Gasteiger partial charge in [-0.15, -0.1) is 5.10 Å². The van der Waals surface area contributed by atoms with Crippen LogP contribution in [0.5, 0.6) is 0 Å². The maximum absolute atomic E-state index is 14.6. The molecule has 7 nitrogen and oxygen atoms in total. The zero-order valence-electron chi connectivity index (χ0n) is 16.4. The Balaban J connectivity index is 1.49. The van der Waals surface area contributed by atoms with Gasteiger partial charge in [0.05, 0.1) is 24.1 Å². The molecule has 31 heavy (non-hydrogen) atoms. The Hall–Kier alpha value is -4.14. The number of benzene rings is 1. The van der Waals surface area contributed by atoms with Crippen molar-refractivity contribution < 1.29 is 8.78 Å². The Morgan fingerprint density at radius 2 is 1.81 bits per heavy atom. The quantitative estimate of drug-likeness (QED) is 0.475. The second kappa shape index (κ2) is 7.28. The summed E-state index contributed by atoms with van der Waals surface area (Å²) >= 11 is 0. The topological polar surface area (TPSA) is 86.9 Å². The summed E-state index contributed by atoms with van der Waals surface area (Å²) in [5.74, 6) is -0.587. The molecule has 0 spiro atoms. The number of pyridine rings is 2. The molecule has 0 bridgehead atoms. The molecule has 1 atom stereocenters. The van der Waals surface area contributed by atoms with E-state index in [9.17, 15) is 8.78 Å². The molecule has 0 radical (unpaired) electrons. The molecule has 4 heterocycles. The number of nitrogen functional groups attached to an aromatic ring is 1. The van der Waals surface area contributed by atoms with Crippen molar-refractivity contribution in [1.82, 2.24) is 29.4 Å². The van der Waals surface area contributed by atoms with E-state index < -0.39 is 5.82 Å². The Labute approximate surface area is 175 Å². The lowest BCUT2D eigenvalue weighted by Gasteiger charge is -2.12. The molecular formula is C22H17F2N7. The fraction of sp³-hybridized carbons (Fsp3) is 0.0909. The fourth-order valence-corrected chi connectivity index (χ4v) is 3.46. The van der Waals surface area contributed by atoms with Gasteiger partial charge in [0.15, 0.2) is 5.65 Å². The molecule has 154 valence electrons. The Morgan fingerprint density at radius 1 is 1.00 bits per heavy atom. The van der Waals surface area contributed by atoms with E-state index in [1.165, 1.54) is 22.8 Å². The van der Waals surface area contributed by atoms with E-state index in [1.807, 2.05) is 13.1 Å². The maximum Gasteiger partial charge on any atom is 0.240 e. The van der Waals surface area contributed by atoms with Crippen molar-refractivity contribution in [1.29, 1.82) is 0 Å². The molecular weight excluding hydrogens is 400 g/mol. The molecule has 0 aliphatic rings. The number of nitrogens with two attached hydrogens (primary N) is 1. The highest BCUT2D eigenvalue weighted by atomic mass is 19.1. The van der Waals surface area contributed by atoms with E-state index in [2.05, 4.69) is 20.2 Å². The Bertz CT molecular complexity index is 1390. The van der Waals surface area contributed by atoms with Gasteiger partial charge >= 0.3 is 0 Å². The minimum absolute atomic E-state index is 0.102. The van der Waals surface area contributed by atoms with Gasteiger partial charge in [-0.05, 0) is 48.4 Å². The van der Waals surface area contributed by atoms with Crippen molar-refractivity contribution in [2.45, 2.75) is 13.0 Å². The number of rotatable bonds is 4. The third-order valence-electron chi connectivity index (χ3n) is 5.17. The molecule has 4 aromatic heterocycles. The first-order valence-electron chi connectivity index (χ1n) is 9.56. The van der Waals surface area contributed by atoms with Gasteiger partial charge in [0.25, 0.3) is 0 Å². The second-order valence-corrected chi connectivity index (χ2v) is 7.17. The number of fused-ring (bicyclic) bond motifs is 1. The van der Waals surface area contributed by atoms with Crippen LogP contribution in [0.15, 0.2) is 67.3 Å². The standard InChI is InChI=1S/C22H17F2N7/c1-13(14-2-4-17(23)5-3-14)31-12-16(10-27-31)20-9-18(19(24)11-26-20)15-6-7-30-21(8-15)28-22(25)29-30/h2-13H,1H3,(H2,25,29). The third-order valence-corrected chi connectivity index (χ3v) is 5.17. The average molecular weight is 417 g/mol. The van der Waals surface area contributed by atoms with Gasteiger partial charge < -0.3 is 5.73 Å². The van der Waals surface area contributed by atoms with Crippen LogP contribution >= 0.6 is 0 Å². The van der Waals surface area contributed by atoms with Crippen molar-refractivity contribution in [2.75, 3.05) is 5.73 Å². The van der Waals surface area contributed by atoms with Crippen LogP contribution in [0.2, 0.25) is 0 Å². The first kappa shape index (κ1) is 18.9. The van der Waals surface area contributed by atoms with Crippen LogP contribution in [-0.2, 0) is 0 Å². The molecule has 0 saturated heterocycles. The van der Waals surface area contributed by atoms with Crippen LogP contribution in [0.3, 0.4) is 0 Å². The summed E-state index contributed by atoms with van der Waals surface area (Å²) < 4.78 is 31.1. The summed E-state index contributed by atoms with van der Waals surface area (Å²) in [5, 5.41) is 8.44. The molecule has 1 unspecified atom stereocenters. The smallest absolute Gasteiger partial charge is 0.240 e. The second-order valence-electron chi connectivity index (χ2n) is 7.17. The van der Waals surface area contributed by atoms with Crippen molar-refractivity contribution in [2.24, 2.45) is 0 Å². The highest BCUT2D eigenvalue weighted by Crippen LogP contribution is 2.28. The van der Waals surface area contributed by atoms with E-state index in [1.54, 1.807) is 47.4 Å². The van der Waals surface area contributed by atoms with E-state index in [0.29, 0.717) is 22.5 Å². The molecule has 5 rings (SSSR count). The highest BCUT2D eigenvalue weighted by molar-refractivity contribution is 5.72. The molecule has 2 N–H and O–H groups in total. The van der Waals surface area contributed by atoms with Crippen LogP contribution in [0.4, 0.5) is 14.7 Å². The first-order chi connectivity index (χ1) is 15.0. The lowest BCUT2D eigenvalue weighted by molar-refractivity contribution is 0.561.